The second-order valence-corrected chi connectivity index (χ2v) is 4.72. The van der Waals surface area contributed by atoms with E-state index in [1.165, 1.54) is 0 Å². The number of likely N-dealkylation sites (tertiary alicyclic amines) is 1. The van der Waals surface area contributed by atoms with Crippen molar-refractivity contribution in [1.82, 2.24) is 14.9 Å². The number of nitrogens with zero attached hydrogens (tertiary/aromatic N) is 4. The van der Waals surface area contributed by atoms with Gasteiger partial charge in [0.15, 0.2) is 0 Å². The fraction of sp³-hybridized carbons (Fsp3) is 0.545. The molecule has 1 aliphatic rings. The summed E-state index contributed by atoms with van der Waals surface area (Å²) in [6.07, 6.45) is 3.10. The highest BCUT2D eigenvalue weighted by Crippen LogP contribution is 2.28. The summed E-state index contributed by atoms with van der Waals surface area (Å²) in [5.41, 5.74) is 1.76. The first-order valence-electron chi connectivity index (χ1n) is 6.56. The lowest BCUT2D eigenvalue weighted by Crippen LogP contribution is -2.40. The van der Waals surface area contributed by atoms with Crippen molar-refractivity contribution in [2.24, 2.45) is 5.84 Å². The van der Waals surface area contributed by atoms with Crippen molar-refractivity contribution >= 4 is 23.2 Å². The smallest absolute Gasteiger partial charge is 0.353 e. The third kappa shape index (κ3) is 3.16. The van der Waals surface area contributed by atoms with Gasteiger partial charge in [-0.1, -0.05) is 0 Å². The van der Waals surface area contributed by atoms with Gasteiger partial charge in [-0.05, 0) is 19.8 Å². The van der Waals surface area contributed by atoms with Crippen LogP contribution >= 0.6 is 0 Å². The first kappa shape index (κ1) is 14.9. The zero-order valence-electron chi connectivity index (χ0n) is 11.6. The minimum atomic E-state index is -0.648. The van der Waals surface area contributed by atoms with Crippen molar-refractivity contribution in [3.05, 3.63) is 16.4 Å². The molecule has 1 saturated heterocycles. The molecule has 1 atom stereocenters. The van der Waals surface area contributed by atoms with Crippen molar-refractivity contribution < 1.29 is 9.72 Å². The van der Waals surface area contributed by atoms with E-state index < -0.39 is 11.0 Å². The minimum Gasteiger partial charge on any atom is -0.353 e. The van der Waals surface area contributed by atoms with Crippen LogP contribution in [0.5, 0.6) is 0 Å². The van der Waals surface area contributed by atoms with E-state index in [4.69, 9.17) is 5.84 Å². The molecule has 0 saturated carbocycles. The molecule has 21 heavy (non-hydrogen) atoms. The molecule has 0 aliphatic carbocycles. The number of hydrogen-bond acceptors (Lipinski definition) is 8. The van der Waals surface area contributed by atoms with Gasteiger partial charge in [-0.15, -0.1) is 0 Å². The van der Waals surface area contributed by atoms with Crippen LogP contribution in [-0.4, -0.2) is 44.8 Å². The highest BCUT2D eigenvalue weighted by molar-refractivity contribution is 5.85. The molecule has 4 N–H and O–H groups in total. The average Bonchev–Trinajstić information content (AvgIpc) is 2.99. The highest BCUT2D eigenvalue weighted by atomic mass is 16.6. The Balaban J connectivity index is 2.18. The lowest BCUT2D eigenvalue weighted by atomic mass is 10.3. The molecule has 1 amide bonds. The maximum absolute atomic E-state index is 12.2. The summed E-state index contributed by atoms with van der Waals surface area (Å²) in [4.78, 5) is 31.9. The molecule has 0 bridgehead atoms. The van der Waals surface area contributed by atoms with Crippen LogP contribution in [0.2, 0.25) is 0 Å². The molecule has 1 aliphatic heterocycles. The van der Waals surface area contributed by atoms with E-state index in [1.807, 2.05) is 0 Å². The Morgan fingerprint density at radius 2 is 2.05 bits per heavy atom. The summed E-state index contributed by atoms with van der Waals surface area (Å²) < 4.78 is 0. The van der Waals surface area contributed by atoms with Crippen LogP contribution in [-0.2, 0) is 4.79 Å². The summed E-state index contributed by atoms with van der Waals surface area (Å²) in [6, 6.07) is -0.623. The van der Waals surface area contributed by atoms with Crippen LogP contribution in [0, 0.1) is 10.1 Å². The van der Waals surface area contributed by atoms with E-state index in [-0.39, 0.29) is 23.2 Å². The number of amides is 1. The quantitative estimate of drug-likeness (QED) is 0.394. The maximum atomic E-state index is 12.2. The maximum Gasteiger partial charge on any atom is 0.354 e. The van der Waals surface area contributed by atoms with E-state index >= 15 is 0 Å². The monoisotopic (exact) mass is 295 g/mol. The number of nitrogens with one attached hydrogen (secondary N) is 2. The number of nitrogens with two attached hydrogens (primary N) is 1. The van der Waals surface area contributed by atoms with Crippen LogP contribution in [0.1, 0.15) is 19.8 Å². The summed E-state index contributed by atoms with van der Waals surface area (Å²) in [6.45, 7) is 3.07. The minimum absolute atomic E-state index is 0.0389. The Labute approximate surface area is 120 Å². The highest BCUT2D eigenvalue weighted by Gasteiger charge is 2.28. The normalized spacial score (nSPS) is 15.6. The number of carbonyl (C=O) groups excluding carboxylic acids is 1. The van der Waals surface area contributed by atoms with E-state index in [9.17, 15) is 14.9 Å². The number of carbonyl (C=O) groups is 1. The van der Waals surface area contributed by atoms with Crippen molar-refractivity contribution in [1.29, 1.82) is 0 Å². The predicted molar refractivity (Wildman–Crippen MR) is 75.4 cm³/mol. The average molecular weight is 295 g/mol. The van der Waals surface area contributed by atoms with Gasteiger partial charge < -0.3 is 15.6 Å². The summed E-state index contributed by atoms with van der Waals surface area (Å²) in [5.74, 6) is 4.94. The van der Waals surface area contributed by atoms with E-state index in [1.54, 1.807) is 11.8 Å². The first-order valence-corrected chi connectivity index (χ1v) is 6.56. The van der Waals surface area contributed by atoms with Gasteiger partial charge in [-0.2, -0.15) is 0 Å². The molecular weight excluding hydrogens is 278 g/mol. The third-order valence-corrected chi connectivity index (χ3v) is 3.28. The predicted octanol–water partition coefficient (Wildman–Crippen LogP) is 0.0932. The molecule has 2 rings (SSSR count). The van der Waals surface area contributed by atoms with Crippen molar-refractivity contribution in [3.63, 3.8) is 0 Å². The summed E-state index contributed by atoms with van der Waals surface area (Å²) in [7, 11) is 0. The topological polar surface area (TPSA) is 139 Å². The van der Waals surface area contributed by atoms with Gasteiger partial charge in [-0.3, -0.25) is 14.9 Å². The molecular formula is C11H17N7O3. The van der Waals surface area contributed by atoms with Crippen LogP contribution in [0.15, 0.2) is 6.33 Å². The fourth-order valence-corrected chi connectivity index (χ4v) is 2.24. The lowest BCUT2D eigenvalue weighted by molar-refractivity contribution is -0.383. The second-order valence-electron chi connectivity index (χ2n) is 4.72. The van der Waals surface area contributed by atoms with Gasteiger partial charge in [0.2, 0.25) is 17.5 Å². The van der Waals surface area contributed by atoms with Gasteiger partial charge in [0.1, 0.15) is 12.4 Å². The van der Waals surface area contributed by atoms with E-state index in [2.05, 4.69) is 20.7 Å². The molecule has 1 aromatic rings. The number of aromatic nitrogens is 2. The van der Waals surface area contributed by atoms with Gasteiger partial charge in [-0.25, -0.2) is 15.8 Å². The Kier molecular flexibility index (Phi) is 4.48. The summed E-state index contributed by atoms with van der Waals surface area (Å²) in [5, 5.41) is 13.9. The number of anilines is 2. The van der Waals surface area contributed by atoms with Gasteiger partial charge in [0.05, 0.1) is 4.92 Å². The SMILES string of the molecule is CC(Nc1ncnc(NN)c1[N+](=O)[O-])C(=O)N1CCCC1. The molecule has 114 valence electrons. The summed E-state index contributed by atoms with van der Waals surface area (Å²) >= 11 is 0. The standard InChI is InChI=1S/C11H17N7O3/c1-7(11(19)17-4-2-3-5-17)15-9-8(18(20)21)10(16-12)14-6-13-9/h6-7H,2-5,12H2,1H3,(H2,13,14,15,16). The van der Waals surface area contributed by atoms with Gasteiger partial charge >= 0.3 is 5.69 Å². The first-order chi connectivity index (χ1) is 10.0. The van der Waals surface area contributed by atoms with Crippen LogP contribution in [0.3, 0.4) is 0 Å². The van der Waals surface area contributed by atoms with Crippen molar-refractivity contribution in [2.75, 3.05) is 23.8 Å². The Hall–Kier alpha value is -2.49. The number of hydrogen-bond donors (Lipinski definition) is 3. The number of nitro groups is 1. The molecule has 0 aromatic carbocycles. The lowest BCUT2D eigenvalue weighted by Gasteiger charge is -2.21. The number of rotatable bonds is 5. The zero-order valence-corrected chi connectivity index (χ0v) is 11.6. The van der Waals surface area contributed by atoms with Crippen molar-refractivity contribution in [2.45, 2.75) is 25.8 Å². The number of nitrogen functional groups attached to an aromatic ring is 1. The second kappa shape index (κ2) is 6.31. The van der Waals surface area contributed by atoms with Gasteiger partial charge in [0.25, 0.3) is 0 Å². The Morgan fingerprint density at radius 1 is 1.43 bits per heavy atom. The van der Waals surface area contributed by atoms with E-state index in [0.717, 1.165) is 19.2 Å². The van der Waals surface area contributed by atoms with Crippen LogP contribution in [0.4, 0.5) is 17.3 Å². The molecule has 10 heteroatoms. The molecule has 1 aromatic heterocycles. The molecule has 10 nitrogen and oxygen atoms in total. The molecule has 2 heterocycles. The van der Waals surface area contributed by atoms with Crippen LogP contribution < -0.4 is 16.6 Å². The van der Waals surface area contributed by atoms with Gasteiger partial charge in [0, 0.05) is 13.1 Å². The fourth-order valence-electron chi connectivity index (χ4n) is 2.24. The molecule has 0 spiro atoms. The zero-order chi connectivity index (χ0) is 15.4. The number of hydrazine groups is 1. The largest absolute Gasteiger partial charge is 0.354 e. The third-order valence-electron chi connectivity index (χ3n) is 3.28. The molecule has 0 radical (unpaired) electrons. The van der Waals surface area contributed by atoms with Crippen molar-refractivity contribution in [3.8, 4) is 0 Å². The Bertz CT molecular complexity index is 545. The molecule has 1 fully saturated rings. The molecule has 1 unspecified atom stereocenters. The van der Waals surface area contributed by atoms with E-state index in [0.29, 0.717) is 13.1 Å². The van der Waals surface area contributed by atoms with Crippen LogP contribution in [0.25, 0.3) is 0 Å². The Morgan fingerprint density at radius 3 is 2.62 bits per heavy atom.